The van der Waals surface area contributed by atoms with Crippen molar-refractivity contribution in [1.29, 1.82) is 0 Å². The fraction of sp³-hybridized carbons (Fsp3) is 0.250. The summed E-state index contributed by atoms with van der Waals surface area (Å²) in [6.45, 7) is 0.771. The SMILES string of the molecule is CN(Cc1cscn1)c1nc(Cl)cs1. The van der Waals surface area contributed by atoms with Crippen molar-refractivity contribution < 1.29 is 0 Å². The lowest BCUT2D eigenvalue weighted by Gasteiger charge is -2.13. The van der Waals surface area contributed by atoms with E-state index in [1.807, 2.05) is 28.2 Å². The maximum Gasteiger partial charge on any atom is 0.186 e. The first-order chi connectivity index (χ1) is 6.75. The van der Waals surface area contributed by atoms with E-state index in [1.165, 1.54) is 11.3 Å². The highest BCUT2D eigenvalue weighted by Crippen LogP contribution is 2.23. The van der Waals surface area contributed by atoms with Crippen molar-refractivity contribution in [3.05, 3.63) is 27.1 Å². The van der Waals surface area contributed by atoms with Crippen LogP contribution in [0.2, 0.25) is 5.15 Å². The van der Waals surface area contributed by atoms with E-state index in [2.05, 4.69) is 9.97 Å². The van der Waals surface area contributed by atoms with E-state index in [4.69, 9.17) is 11.6 Å². The number of thiazole rings is 2. The molecule has 0 aromatic carbocycles. The lowest BCUT2D eigenvalue weighted by atomic mass is 10.5. The van der Waals surface area contributed by atoms with Crippen LogP contribution in [-0.4, -0.2) is 17.0 Å². The van der Waals surface area contributed by atoms with Gasteiger partial charge in [-0.15, -0.1) is 22.7 Å². The summed E-state index contributed by atoms with van der Waals surface area (Å²) in [6, 6.07) is 0. The first-order valence-electron chi connectivity index (χ1n) is 3.95. The second-order valence-corrected chi connectivity index (χ2v) is 4.73. The van der Waals surface area contributed by atoms with Crippen LogP contribution in [0.15, 0.2) is 16.3 Å². The normalized spacial score (nSPS) is 10.4. The molecule has 2 rings (SSSR count). The summed E-state index contributed by atoms with van der Waals surface area (Å²) in [6.07, 6.45) is 0. The summed E-state index contributed by atoms with van der Waals surface area (Å²) < 4.78 is 0. The van der Waals surface area contributed by atoms with Crippen molar-refractivity contribution in [2.75, 3.05) is 11.9 Å². The highest BCUT2D eigenvalue weighted by atomic mass is 35.5. The van der Waals surface area contributed by atoms with Gasteiger partial charge in [0.2, 0.25) is 0 Å². The van der Waals surface area contributed by atoms with Crippen LogP contribution in [0.3, 0.4) is 0 Å². The average Bonchev–Trinajstić information content (AvgIpc) is 2.75. The highest BCUT2D eigenvalue weighted by molar-refractivity contribution is 7.14. The minimum absolute atomic E-state index is 0.551. The van der Waals surface area contributed by atoms with Gasteiger partial charge >= 0.3 is 0 Å². The molecule has 0 atom stereocenters. The van der Waals surface area contributed by atoms with Crippen LogP contribution in [0.4, 0.5) is 5.13 Å². The summed E-state index contributed by atoms with van der Waals surface area (Å²) in [5.74, 6) is 0. The molecule has 0 bridgehead atoms. The number of nitrogens with zero attached hydrogens (tertiary/aromatic N) is 3. The summed E-state index contributed by atoms with van der Waals surface area (Å²) in [7, 11) is 1.98. The molecule has 0 aliphatic carbocycles. The number of hydrogen-bond acceptors (Lipinski definition) is 5. The highest BCUT2D eigenvalue weighted by Gasteiger charge is 2.07. The molecular formula is C8H8ClN3S2. The molecule has 0 radical (unpaired) electrons. The van der Waals surface area contributed by atoms with Gasteiger partial charge in [0.1, 0.15) is 5.15 Å². The van der Waals surface area contributed by atoms with E-state index in [9.17, 15) is 0 Å². The summed E-state index contributed by atoms with van der Waals surface area (Å²) in [4.78, 5) is 10.4. The van der Waals surface area contributed by atoms with Crippen molar-refractivity contribution in [1.82, 2.24) is 9.97 Å². The van der Waals surface area contributed by atoms with Gasteiger partial charge in [0.25, 0.3) is 0 Å². The van der Waals surface area contributed by atoms with Crippen LogP contribution in [0, 0.1) is 0 Å². The first-order valence-corrected chi connectivity index (χ1v) is 6.15. The van der Waals surface area contributed by atoms with Crippen molar-refractivity contribution in [3.63, 3.8) is 0 Å². The van der Waals surface area contributed by atoms with Crippen molar-refractivity contribution in [2.45, 2.75) is 6.54 Å². The topological polar surface area (TPSA) is 29.0 Å². The first kappa shape index (κ1) is 9.89. The average molecular weight is 246 g/mol. The molecular weight excluding hydrogens is 238 g/mol. The van der Waals surface area contributed by atoms with Crippen LogP contribution < -0.4 is 4.90 Å². The van der Waals surface area contributed by atoms with E-state index < -0.39 is 0 Å². The molecule has 0 aliphatic rings. The maximum absolute atomic E-state index is 5.75. The molecule has 14 heavy (non-hydrogen) atoms. The van der Waals surface area contributed by atoms with Crippen LogP contribution in [0.5, 0.6) is 0 Å². The zero-order chi connectivity index (χ0) is 9.97. The summed E-state index contributed by atoms with van der Waals surface area (Å²) >= 11 is 8.88. The standard InChI is InChI=1S/C8H8ClN3S2/c1-12(2-6-3-13-5-10-6)8-11-7(9)4-14-8/h3-5H,2H2,1H3. The largest absolute Gasteiger partial charge is 0.345 e. The second kappa shape index (κ2) is 4.25. The van der Waals surface area contributed by atoms with Gasteiger partial charge in [0.15, 0.2) is 5.13 Å². The zero-order valence-electron chi connectivity index (χ0n) is 7.48. The van der Waals surface area contributed by atoms with E-state index in [0.29, 0.717) is 5.15 Å². The van der Waals surface area contributed by atoms with Crippen molar-refractivity contribution >= 4 is 39.4 Å². The van der Waals surface area contributed by atoms with Crippen molar-refractivity contribution in [2.24, 2.45) is 0 Å². The van der Waals surface area contributed by atoms with Crippen molar-refractivity contribution in [3.8, 4) is 0 Å². The lowest BCUT2D eigenvalue weighted by Crippen LogP contribution is -2.16. The lowest BCUT2D eigenvalue weighted by molar-refractivity contribution is 0.888. The van der Waals surface area contributed by atoms with Gasteiger partial charge in [0.05, 0.1) is 17.7 Å². The zero-order valence-corrected chi connectivity index (χ0v) is 9.86. The van der Waals surface area contributed by atoms with Gasteiger partial charge in [-0.05, 0) is 0 Å². The Labute approximate surface area is 95.0 Å². The number of hydrogen-bond donors (Lipinski definition) is 0. The third-order valence-electron chi connectivity index (χ3n) is 1.67. The molecule has 0 N–H and O–H groups in total. The minimum atomic E-state index is 0.551. The number of halogens is 1. The third-order valence-corrected chi connectivity index (χ3v) is 3.59. The molecule has 0 aliphatic heterocycles. The Hall–Kier alpha value is -0.650. The molecule has 6 heteroatoms. The van der Waals surface area contributed by atoms with E-state index in [0.717, 1.165) is 17.4 Å². The van der Waals surface area contributed by atoms with Gasteiger partial charge in [0, 0.05) is 17.8 Å². The summed E-state index contributed by atoms with van der Waals surface area (Å²) in [5, 5.41) is 5.33. The second-order valence-electron chi connectivity index (χ2n) is 2.79. The molecule has 0 fully saturated rings. The van der Waals surface area contributed by atoms with Gasteiger partial charge in [-0.1, -0.05) is 11.6 Å². The van der Waals surface area contributed by atoms with Gasteiger partial charge < -0.3 is 4.90 Å². The third kappa shape index (κ3) is 2.23. The molecule has 0 saturated heterocycles. The minimum Gasteiger partial charge on any atom is -0.345 e. The van der Waals surface area contributed by atoms with Gasteiger partial charge in [-0.3, -0.25) is 0 Å². The maximum atomic E-state index is 5.75. The molecule has 2 aromatic heterocycles. The predicted octanol–water partition coefficient (Wildman–Crippen LogP) is 2.89. The van der Waals surface area contributed by atoms with Gasteiger partial charge in [-0.2, -0.15) is 0 Å². The molecule has 0 amide bonds. The Kier molecular flexibility index (Phi) is 3.00. The Morgan fingerprint density at radius 3 is 2.93 bits per heavy atom. The van der Waals surface area contributed by atoms with E-state index in [-0.39, 0.29) is 0 Å². The Bertz CT molecular complexity index is 398. The number of aromatic nitrogens is 2. The van der Waals surface area contributed by atoms with E-state index >= 15 is 0 Å². The molecule has 2 heterocycles. The summed E-state index contributed by atoms with van der Waals surface area (Å²) in [5.41, 5.74) is 2.89. The van der Waals surface area contributed by atoms with Gasteiger partial charge in [-0.25, -0.2) is 9.97 Å². The van der Waals surface area contributed by atoms with Crippen LogP contribution in [-0.2, 0) is 6.54 Å². The Balaban J connectivity index is 2.06. The Morgan fingerprint density at radius 2 is 2.36 bits per heavy atom. The predicted molar refractivity (Wildman–Crippen MR) is 61.3 cm³/mol. The molecule has 0 spiro atoms. The Morgan fingerprint density at radius 1 is 1.50 bits per heavy atom. The molecule has 2 aromatic rings. The molecule has 74 valence electrons. The quantitative estimate of drug-likeness (QED) is 0.833. The smallest absolute Gasteiger partial charge is 0.186 e. The van der Waals surface area contributed by atoms with Crippen LogP contribution >= 0.6 is 34.3 Å². The fourth-order valence-electron chi connectivity index (χ4n) is 1.05. The fourth-order valence-corrected chi connectivity index (χ4v) is 2.51. The van der Waals surface area contributed by atoms with Crippen LogP contribution in [0.25, 0.3) is 0 Å². The molecule has 0 saturated carbocycles. The number of anilines is 1. The number of rotatable bonds is 3. The van der Waals surface area contributed by atoms with E-state index in [1.54, 1.807) is 11.3 Å². The van der Waals surface area contributed by atoms with Crippen LogP contribution in [0.1, 0.15) is 5.69 Å². The molecule has 0 unspecified atom stereocenters. The molecule has 3 nitrogen and oxygen atoms in total. The monoisotopic (exact) mass is 245 g/mol.